The molecule has 1 aromatic heterocycles. The number of benzene rings is 1. The van der Waals surface area contributed by atoms with Crippen molar-refractivity contribution >= 4 is 17.5 Å². The van der Waals surface area contributed by atoms with E-state index in [4.69, 9.17) is 22.1 Å². The first-order chi connectivity index (χ1) is 7.22. The predicted octanol–water partition coefficient (Wildman–Crippen LogP) is 0.906. The fourth-order valence-corrected chi connectivity index (χ4v) is 1.34. The summed E-state index contributed by atoms with van der Waals surface area (Å²) in [5, 5.41) is 11.2. The summed E-state index contributed by atoms with van der Waals surface area (Å²) in [5.74, 6) is 0.828. The normalized spacial score (nSPS) is 10.3. The Morgan fingerprint density at radius 3 is 2.87 bits per heavy atom. The molecule has 0 fully saturated rings. The molecule has 0 saturated carbocycles. The number of hydrogen-bond donors (Lipinski definition) is 1. The van der Waals surface area contributed by atoms with E-state index in [9.17, 15) is 0 Å². The molecular formula is C8H8ClN5O. The third kappa shape index (κ3) is 1.71. The average molecular weight is 226 g/mol. The Kier molecular flexibility index (Phi) is 2.42. The van der Waals surface area contributed by atoms with E-state index in [2.05, 4.69) is 15.5 Å². The summed E-state index contributed by atoms with van der Waals surface area (Å²) >= 11 is 5.99. The van der Waals surface area contributed by atoms with Crippen LogP contribution in [0.1, 0.15) is 0 Å². The lowest BCUT2D eigenvalue weighted by Crippen LogP contribution is -2.03. The number of nitrogens with zero attached hydrogens (tertiary/aromatic N) is 4. The molecule has 0 bridgehead atoms. The van der Waals surface area contributed by atoms with Gasteiger partial charge in [0.05, 0.1) is 17.8 Å². The lowest BCUT2D eigenvalue weighted by Gasteiger charge is -2.06. The summed E-state index contributed by atoms with van der Waals surface area (Å²) in [6.07, 6.45) is 0. The standard InChI is InChI=1S/C8H8ClN5O/c1-15-5-2-3-6(9)7(4-5)14-8(10)11-12-13-14/h2-4H,1H3,(H2,10,11,13). The van der Waals surface area contributed by atoms with Crippen molar-refractivity contribution in [1.82, 2.24) is 20.2 Å². The molecule has 2 rings (SSSR count). The molecule has 0 amide bonds. The Hall–Kier alpha value is -1.82. The van der Waals surface area contributed by atoms with Gasteiger partial charge in [0.25, 0.3) is 0 Å². The number of ether oxygens (including phenoxy) is 1. The minimum Gasteiger partial charge on any atom is -0.497 e. The fraction of sp³-hybridized carbons (Fsp3) is 0.125. The van der Waals surface area contributed by atoms with Crippen molar-refractivity contribution in [3.05, 3.63) is 23.2 Å². The van der Waals surface area contributed by atoms with Gasteiger partial charge in [-0.3, -0.25) is 0 Å². The van der Waals surface area contributed by atoms with Crippen LogP contribution in [0, 0.1) is 0 Å². The first kappa shape index (κ1) is 9.72. The monoisotopic (exact) mass is 225 g/mol. The molecule has 7 heteroatoms. The van der Waals surface area contributed by atoms with Crippen LogP contribution in [-0.4, -0.2) is 27.3 Å². The second-order valence-corrected chi connectivity index (χ2v) is 3.17. The number of hydrogen-bond acceptors (Lipinski definition) is 5. The number of halogens is 1. The first-order valence-corrected chi connectivity index (χ1v) is 4.48. The lowest BCUT2D eigenvalue weighted by atomic mass is 10.3. The van der Waals surface area contributed by atoms with E-state index in [1.807, 2.05) is 0 Å². The van der Waals surface area contributed by atoms with Crippen LogP contribution < -0.4 is 10.5 Å². The summed E-state index contributed by atoms with van der Waals surface area (Å²) in [6, 6.07) is 5.14. The van der Waals surface area contributed by atoms with Crippen LogP contribution in [0.2, 0.25) is 5.02 Å². The van der Waals surface area contributed by atoms with Crippen LogP contribution in [0.15, 0.2) is 18.2 Å². The molecule has 0 radical (unpaired) electrons. The molecule has 6 nitrogen and oxygen atoms in total. The van der Waals surface area contributed by atoms with Gasteiger partial charge in [-0.25, -0.2) is 0 Å². The summed E-state index contributed by atoms with van der Waals surface area (Å²) < 4.78 is 6.40. The largest absolute Gasteiger partial charge is 0.497 e. The molecule has 0 atom stereocenters. The van der Waals surface area contributed by atoms with Gasteiger partial charge in [-0.1, -0.05) is 16.7 Å². The molecule has 15 heavy (non-hydrogen) atoms. The average Bonchev–Trinajstić information content (AvgIpc) is 2.65. The van der Waals surface area contributed by atoms with Crippen molar-refractivity contribution in [1.29, 1.82) is 0 Å². The zero-order valence-corrected chi connectivity index (χ0v) is 8.64. The van der Waals surface area contributed by atoms with Crippen molar-refractivity contribution in [2.24, 2.45) is 0 Å². The number of rotatable bonds is 2. The molecule has 0 aliphatic heterocycles. The number of tetrazole rings is 1. The predicted molar refractivity (Wildman–Crippen MR) is 55.1 cm³/mol. The molecule has 0 spiro atoms. The Bertz CT molecular complexity index is 484. The molecule has 1 aromatic carbocycles. The molecule has 0 aliphatic rings. The van der Waals surface area contributed by atoms with Crippen LogP contribution in [-0.2, 0) is 0 Å². The maximum Gasteiger partial charge on any atom is 0.245 e. The zero-order valence-electron chi connectivity index (χ0n) is 7.88. The number of methoxy groups -OCH3 is 1. The SMILES string of the molecule is COc1ccc(Cl)c(-n2nnnc2N)c1. The summed E-state index contributed by atoms with van der Waals surface area (Å²) in [6.45, 7) is 0. The number of aromatic nitrogens is 4. The van der Waals surface area contributed by atoms with E-state index in [-0.39, 0.29) is 5.95 Å². The number of nitrogen functional groups attached to an aromatic ring is 1. The van der Waals surface area contributed by atoms with Crippen molar-refractivity contribution in [3.8, 4) is 11.4 Å². The van der Waals surface area contributed by atoms with Gasteiger partial charge in [0.1, 0.15) is 5.75 Å². The van der Waals surface area contributed by atoms with Gasteiger partial charge < -0.3 is 10.5 Å². The topological polar surface area (TPSA) is 78.8 Å². The van der Waals surface area contributed by atoms with E-state index in [1.54, 1.807) is 25.3 Å². The second kappa shape index (κ2) is 3.74. The van der Waals surface area contributed by atoms with Gasteiger partial charge in [-0.15, -0.1) is 0 Å². The van der Waals surface area contributed by atoms with E-state index < -0.39 is 0 Å². The quantitative estimate of drug-likeness (QED) is 0.822. The van der Waals surface area contributed by atoms with Crippen molar-refractivity contribution in [3.63, 3.8) is 0 Å². The smallest absolute Gasteiger partial charge is 0.245 e. The van der Waals surface area contributed by atoms with E-state index in [0.717, 1.165) is 0 Å². The molecule has 0 aliphatic carbocycles. The highest BCUT2D eigenvalue weighted by atomic mass is 35.5. The summed E-state index contributed by atoms with van der Waals surface area (Å²) in [4.78, 5) is 0. The maximum absolute atomic E-state index is 5.99. The van der Waals surface area contributed by atoms with Crippen molar-refractivity contribution < 1.29 is 4.74 Å². The molecule has 2 aromatic rings. The first-order valence-electron chi connectivity index (χ1n) is 4.10. The van der Waals surface area contributed by atoms with Gasteiger partial charge in [0, 0.05) is 6.07 Å². The number of nitrogens with two attached hydrogens (primary N) is 1. The third-order valence-electron chi connectivity index (χ3n) is 1.88. The molecule has 2 N–H and O–H groups in total. The minimum atomic E-state index is 0.171. The third-order valence-corrected chi connectivity index (χ3v) is 2.19. The van der Waals surface area contributed by atoms with Crippen molar-refractivity contribution in [2.75, 3.05) is 12.8 Å². The highest BCUT2D eigenvalue weighted by molar-refractivity contribution is 6.32. The Morgan fingerprint density at radius 1 is 1.47 bits per heavy atom. The fourth-order valence-electron chi connectivity index (χ4n) is 1.15. The van der Waals surface area contributed by atoms with E-state index >= 15 is 0 Å². The summed E-state index contributed by atoms with van der Waals surface area (Å²) in [5.41, 5.74) is 6.14. The molecule has 0 unspecified atom stereocenters. The highest BCUT2D eigenvalue weighted by Gasteiger charge is 2.09. The van der Waals surface area contributed by atoms with Gasteiger partial charge >= 0.3 is 0 Å². The van der Waals surface area contributed by atoms with Gasteiger partial charge in [0.15, 0.2) is 0 Å². The van der Waals surface area contributed by atoms with E-state index in [1.165, 1.54) is 4.68 Å². The zero-order chi connectivity index (χ0) is 10.8. The number of anilines is 1. The van der Waals surface area contributed by atoms with Crippen LogP contribution in [0.3, 0.4) is 0 Å². The van der Waals surface area contributed by atoms with Crippen LogP contribution in [0.5, 0.6) is 5.75 Å². The maximum atomic E-state index is 5.99. The molecule has 1 heterocycles. The van der Waals surface area contributed by atoms with Gasteiger partial charge in [-0.05, 0) is 22.6 Å². The van der Waals surface area contributed by atoms with Crippen LogP contribution in [0.25, 0.3) is 5.69 Å². The molecular weight excluding hydrogens is 218 g/mol. The highest BCUT2D eigenvalue weighted by Crippen LogP contribution is 2.25. The molecule has 78 valence electrons. The van der Waals surface area contributed by atoms with Crippen LogP contribution >= 0.6 is 11.6 Å². The summed E-state index contributed by atoms with van der Waals surface area (Å²) in [7, 11) is 1.57. The Balaban J connectivity index is 2.56. The second-order valence-electron chi connectivity index (χ2n) is 2.77. The van der Waals surface area contributed by atoms with Crippen molar-refractivity contribution in [2.45, 2.75) is 0 Å². The lowest BCUT2D eigenvalue weighted by molar-refractivity contribution is 0.414. The minimum absolute atomic E-state index is 0.171. The van der Waals surface area contributed by atoms with Crippen LogP contribution in [0.4, 0.5) is 5.95 Å². The van der Waals surface area contributed by atoms with Gasteiger partial charge in [0.2, 0.25) is 5.95 Å². The Labute approximate surface area is 90.6 Å². The molecule has 0 saturated heterocycles. The van der Waals surface area contributed by atoms with E-state index in [0.29, 0.717) is 16.5 Å². The Morgan fingerprint density at radius 2 is 2.27 bits per heavy atom. The van der Waals surface area contributed by atoms with Gasteiger partial charge in [-0.2, -0.15) is 4.68 Å².